The lowest BCUT2D eigenvalue weighted by molar-refractivity contribution is 0.316. The van der Waals surface area contributed by atoms with Crippen LogP contribution < -0.4 is 0 Å². The molecule has 0 spiro atoms. The molecule has 1 atom stereocenters. The molecule has 1 aliphatic rings. The quantitative estimate of drug-likeness (QED) is 0.712. The van der Waals surface area contributed by atoms with Gasteiger partial charge in [0.25, 0.3) is 0 Å². The molecule has 1 nitrogen and oxygen atoms in total. The first-order chi connectivity index (χ1) is 7.22. The van der Waals surface area contributed by atoms with Gasteiger partial charge in [0.15, 0.2) is 0 Å². The Morgan fingerprint density at radius 2 is 2.20 bits per heavy atom. The maximum absolute atomic E-state index is 2.49. The summed E-state index contributed by atoms with van der Waals surface area (Å²) in [5.41, 5.74) is 4.49. The van der Waals surface area contributed by atoms with Crippen molar-refractivity contribution in [2.24, 2.45) is 0 Å². The van der Waals surface area contributed by atoms with Gasteiger partial charge in [0.2, 0.25) is 0 Å². The van der Waals surface area contributed by atoms with Crippen molar-refractivity contribution in [1.82, 2.24) is 4.90 Å². The summed E-state index contributed by atoms with van der Waals surface area (Å²) in [6.07, 6.45) is 3.82. The van der Waals surface area contributed by atoms with Gasteiger partial charge in [0, 0.05) is 6.04 Å². The van der Waals surface area contributed by atoms with E-state index in [2.05, 4.69) is 44.0 Å². The summed E-state index contributed by atoms with van der Waals surface area (Å²) >= 11 is 0. The summed E-state index contributed by atoms with van der Waals surface area (Å²) in [7, 11) is 2.25. The highest BCUT2D eigenvalue weighted by Crippen LogP contribution is 2.33. The molecule has 1 heteroatoms. The van der Waals surface area contributed by atoms with Crippen LogP contribution in [0, 0.1) is 6.92 Å². The maximum atomic E-state index is 2.49. The van der Waals surface area contributed by atoms with E-state index in [1.54, 1.807) is 5.56 Å². The summed E-state index contributed by atoms with van der Waals surface area (Å²) in [5.74, 6) is 0. The highest BCUT2D eigenvalue weighted by Gasteiger charge is 2.24. The highest BCUT2D eigenvalue weighted by atomic mass is 15.1. The van der Waals surface area contributed by atoms with E-state index in [4.69, 9.17) is 0 Å². The largest absolute Gasteiger partial charge is 0.299 e. The smallest absolute Gasteiger partial charge is 0.0348 e. The topological polar surface area (TPSA) is 3.24 Å². The van der Waals surface area contributed by atoms with Gasteiger partial charge >= 0.3 is 0 Å². The molecule has 82 valence electrons. The van der Waals surface area contributed by atoms with E-state index < -0.39 is 0 Å². The van der Waals surface area contributed by atoms with Crippen molar-refractivity contribution < 1.29 is 0 Å². The zero-order valence-corrected chi connectivity index (χ0v) is 10.1. The monoisotopic (exact) mass is 203 g/mol. The normalized spacial score (nSPS) is 22.2. The highest BCUT2D eigenvalue weighted by molar-refractivity contribution is 5.34. The Balaban J connectivity index is 2.36. The Bertz CT molecular complexity index is 343. The number of likely N-dealkylation sites (tertiary alicyclic amines) is 1. The van der Waals surface area contributed by atoms with Gasteiger partial charge in [-0.2, -0.15) is 0 Å². The third-order valence-electron chi connectivity index (χ3n) is 3.56. The van der Waals surface area contributed by atoms with Gasteiger partial charge in [-0.05, 0) is 50.9 Å². The van der Waals surface area contributed by atoms with Crippen molar-refractivity contribution in [3.8, 4) is 0 Å². The van der Waals surface area contributed by atoms with Crippen LogP contribution in [0.3, 0.4) is 0 Å². The molecule has 0 aliphatic carbocycles. The molecule has 1 aromatic rings. The molecule has 1 heterocycles. The van der Waals surface area contributed by atoms with Crippen molar-refractivity contribution >= 4 is 0 Å². The first kappa shape index (κ1) is 10.7. The lowest BCUT2D eigenvalue weighted by Crippen LogP contribution is -2.18. The summed E-state index contributed by atoms with van der Waals surface area (Å²) in [5, 5.41) is 0. The van der Waals surface area contributed by atoms with Crippen molar-refractivity contribution in [2.75, 3.05) is 13.6 Å². The maximum Gasteiger partial charge on any atom is 0.0348 e. The zero-order chi connectivity index (χ0) is 10.8. The van der Waals surface area contributed by atoms with E-state index in [-0.39, 0.29) is 0 Å². The molecular weight excluding hydrogens is 182 g/mol. The van der Waals surface area contributed by atoms with Crippen molar-refractivity contribution in [3.63, 3.8) is 0 Å². The van der Waals surface area contributed by atoms with Crippen LogP contribution in [0.2, 0.25) is 0 Å². The molecule has 15 heavy (non-hydrogen) atoms. The van der Waals surface area contributed by atoms with Gasteiger partial charge < -0.3 is 0 Å². The molecule has 1 aliphatic heterocycles. The number of benzene rings is 1. The average molecular weight is 203 g/mol. The summed E-state index contributed by atoms with van der Waals surface area (Å²) in [6, 6.07) is 7.58. The molecule has 1 saturated heterocycles. The molecule has 0 amide bonds. The number of aryl methyl sites for hydroxylation is 2. The summed E-state index contributed by atoms with van der Waals surface area (Å²) in [6.45, 7) is 5.70. The minimum atomic E-state index is 0.667. The second-order valence-electron chi connectivity index (χ2n) is 4.69. The average Bonchev–Trinajstić information content (AvgIpc) is 2.64. The van der Waals surface area contributed by atoms with Crippen LogP contribution in [-0.4, -0.2) is 18.5 Å². The van der Waals surface area contributed by atoms with Gasteiger partial charge in [0.1, 0.15) is 0 Å². The predicted octanol–water partition coefficient (Wildman–Crippen LogP) is 3.32. The Morgan fingerprint density at radius 3 is 2.80 bits per heavy atom. The Hall–Kier alpha value is -0.820. The fraction of sp³-hybridized carbons (Fsp3) is 0.571. The molecule has 1 fully saturated rings. The van der Waals surface area contributed by atoms with E-state index in [1.807, 2.05) is 0 Å². The van der Waals surface area contributed by atoms with Crippen LogP contribution in [0.5, 0.6) is 0 Å². The van der Waals surface area contributed by atoms with Gasteiger partial charge in [-0.25, -0.2) is 0 Å². The van der Waals surface area contributed by atoms with Crippen molar-refractivity contribution in [2.45, 2.75) is 39.2 Å². The van der Waals surface area contributed by atoms with E-state index >= 15 is 0 Å². The predicted molar refractivity (Wildman–Crippen MR) is 65.2 cm³/mol. The van der Waals surface area contributed by atoms with Crippen LogP contribution in [0.4, 0.5) is 0 Å². The number of rotatable bonds is 2. The van der Waals surface area contributed by atoms with Gasteiger partial charge in [-0.15, -0.1) is 0 Å². The van der Waals surface area contributed by atoms with Gasteiger partial charge in [-0.3, -0.25) is 4.90 Å². The van der Waals surface area contributed by atoms with E-state index in [1.165, 1.54) is 30.5 Å². The minimum absolute atomic E-state index is 0.667. The third-order valence-corrected chi connectivity index (χ3v) is 3.56. The lowest BCUT2D eigenvalue weighted by atomic mass is 9.95. The molecule has 1 aromatic carbocycles. The van der Waals surface area contributed by atoms with Crippen molar-refractivity contribution in [1.29, 1.82) is 0 Å². The van der Waals surface area contributed by atoms with Crippen LogP contribution in [0.25, 0.3) is 0 Å². The zero-order valence-electron chi connectivity index (χ0n) is 10.1. The first-order valence-electron chi connectivity index (χ1n) is 6.02. The SMILES string of the molecule is CCc1ccc(C)cc1C1CCCN1C. The molecule has 0 N–H and O–H groups in total. The fourth-order valence-electron chi connectivity index (χ4n) is 2.65. The molecule has 1 unspecified atom stereocenters. The second-order valence-corrected chi connectivity index (χ2v) is 4.69. The summed E-state index contributed by atoms with van der Waals surface area (Å²) in [4.78, 5) is 2.49. The van der Waals surface area contributed by atoms with Crippen LogP contribution in [-0.2, 0) is 6.42 Å². The fourth-order valence-corrected chi connectivity index (χ4v) is 2.65. The number of hydrogen-bond acceptors (Lipinski definition) is 1. The van der Waals surface area contributed by atoms with Crippen LogP contribution >= 0.6 is 0 Å². The summed E-state index contributed by atoms with van der Waals surface area (Å²) < 4.78 is 0. The number of hydrogen-bond donors (Lipinski definition) is 0. The minimum Gasteiger partial charge on any atom is -0.299 e. The van der Waals surface area contributed by atoms with Crippen LogP contribution in [0.1, 0.15) is 42.5 Å². The first-order valence-corrected chi connectivity index (χ1v) is 6.02. The van der Waals surface area contributed by atoms with Crippen molar-refractivity contribution in [3.05, 3.63) is 34.9 Å². The Kier molecular flexibility index (Phi) is 3.11. The van der Waals surface area contributed by atoms with E-state index in [0.717, 1.165) is 6.42 Å². The van der Waals surface area contributed by atoms with Gasteiger partial charge in [0.05, 0.1) is 0 Å². The van der Waals surface area contributed by atoms with E-state index in [9.17, 15) is 0 Å². The molecular formula is C14H21N. The molecule has 0 bridgehead atoms. The molecule has 0 aromatic heterocycles. The lowest BCUT2D eigenvalue weighted by Gasteiger charge is -2.22. The Labute approximate surface area is 93.1 Å². The third kappa shape index (κ3) is 2.07. The Morgan fingerprint density at radius 1 is 1.40 bits per heavy atom. The van der Waals surface area contributed by atoms with Crippen LogP contribution in [0.15, 0.2) is 18.2 Å². The van der Waals surface area contributed by atoms with E-state index in [0.29, 0.717) is 6.04 Å². The molecule has 0 saturated carbocycles. The molecule has 0 radical (unpaired) electrons. The second kappa shape index (κ2) is 4.36. The molecule has 2 rings (SSSR count). The standard InChI is InChI=1S/C14H21N/c1-4-12-8-7-11(2)10-13(12)14-6-5-9-15(14)3/h7-8,10,14H,4-6,9H2,1-3H3. The van der Waals surface area contributed by atoms with Gasteiger partial charge in [-0.1, -0.05) is 30.7 Å². The number of nitrogens with zero attached hydrogens (tertiary/aromatic N) is 1.